The van der Waals surface area contributed by atoms with Crippen LogP contribution in [0.15, 0.2) is 48.5 Å². The normalized spacial score (nSPS) is 30.3. The first-order chi connectivity index (χ1) is 14.3. The fourth-order valence-electron chi connectivity index (χ4n) is 6.14. The molecule has 148 valence electrons. The molecule has 2 aliphatic heterocycles. The summed E-state index contributed by atoms with van der Waals surface area (Å²) >= 11 is 0. The van der Waals surface area contributed by atoms with E-state index in [0.717, 1.165) is 32.7 Å². The lowest BCUT2D eigenvalue weighted by Crippen LogP contribution is -2.47. The van der Waals surface area contributed by atoms with E-state index in [0.29, 0.717) is 6.54 Å². The predicted molar refractivity (Wildman–Crippen MR) is 110 cm³/mol. The number of piperazine rings is 1. The van der Waals surface area contributed by atoms with Crippen LogP contribution >= 0.6 is 0 Å². The highest BCUT2D eigenvalue weighted by Crippen LogP contribution is 2.60. The van der Waals surface area contributed by atoms with Crippen molar-refractivity contribution in [3.8, 4) is 0 Å². The van der Waals surface area contributed by atoms with Crippen LogP contribution in [0.3, 0.4) is 0 Å². The van der Waals surface area contributed by atoms with Gasteiger partial charge >= 0.3 is 0 Å². The highest BCUT2D eigenvalue weighted by Gasteiger charge is 2.61. The van der Waals surface area contributed by atoms with Crippen LogP contribution in [0.4, 0.5) is 0 Å². The topological polar surface area (TPSA) is 52.7 Å². The zero-order valence-electron chi connectivity index (χ0n) is 16.4. The highest BCUT2D eigenvalue weighted by atomic mass is 16.2. The molecule has 5 aliphatic rings. The summed E-state index contributed by atoms with van der Waals surface area (Å²) in [6.07, 6.45) is 0. The quantitative estimate of drug-likeness (QED) is 0.816. The molecule has 0 aromatic heterocycles. The molecule has 2 fully saturated rings. The van der Waals surface area contributed by atoms with Crippen LogP contribution in [-0.2, 0) is 9.59 Å². The molecule has 2 bridgehead atoms. The highest BCUT2D eigenvalue weighted by molar-refractivity contribution is 6.07. The molecule has 0 radical (unpaired) electrons. The molecular formula is C24H25N3O2. The summed E-state index contributed by atoms with van der Waals surface area (Å²) in [5.74, 6) is -0.431. The zero-order valence-corrected chi connectivity index (χ0v) is 16.4. The molecule has 5 heteroatoms. The molecule has 1 N–H and O–H groups in total. The van der Waals surface area contributed by atoms with Crippen molar-refractivity contribution in [1.82, 2.24) is 15.1 Å². The third-order valence-electron chi connectivity index (χ3n) is 7.39. The van der Waals surface area contributed by atoms with Gasteiger partial charge in [0.25, 0.3) is 0 Å². The molecule has 2 aromatic rings. The van der Waals surface area contributed by atoms with Gasteiger partial charge in [-0.1, -0.05) is 48.5 Å². The van der Waals surface area contributed by atoms with Gasteiger partial charge in [0.1, 0.15) is 0 Å². The number of nitrogens with zero attached hydrogens (tertiary/aromatic N) is 2. The molecule has 5 nitrogen and oxygen atoms in total. The van der Waals surface area contributed by atoms with Crippen LogP contribution in [-0.4, -0.2) is 60.9 Å². The van der Waals surface area contributed by atoms with Gasteiger partial charge in [-0.05, 0) is 22.3 Å². The summed E-state index contributed by atoms with van der Waals surface area (Å²) in [5, 5.41) is 3.35. The molecule has 2 atom stereocenters. The number of likely N-dealkylation sites (tertiary alicyclic amines) is 1. The van der Waals surface area contributed by atoms with Gasteiger partial charge < -0.3 is 5.32 Å². The fraction of sp³-hybridized carbons (Fsp3) is 0.417. The maximum atomic E-state index is 13.5. The van der Waals surface area contributed by atoms with Crippen molar-refractivity contribution in [2.24, 2.45) is 11.8 Å². The van der Waals surface area contributed by atoms with Crippen LogP contribution in [0.1, 0.15) is 34.1 Å². The van der Waals surface area contributed by atoms with E-state index in [9.17, 15) is 9.59 Å². The van der Waals surface area contributed by atoms with E-state index in [4.69, 9.17) is 0 Å². The lowest BCUT2D eigenvalue weighted by Gasteiger charge is -2.45. The van der Waals surface area contributed by atoms with Gasteiger partial charge in [0.05, 0.1) is 11.8 Å². The summed E-state index contributed by atoms with van der Waals surface area (Å²) < 4.78 is 0. The largest absolute Gasteiger partial charge is 0.314 e. The molecule has 2 saturated heterocycles. The van der Waals surface area contributed by atoms with E-state index in [1.54, 1.807) is 4.90 Å². The van der Waals surface area contributed by atoms with E-state index >= 15 is 0 Å². The average Bonchev–Trinajstić information content (AvgIpc) is 3.03. The van der Waals surface area contributed by atoms with Crippen molar-refractivity contribution in [1.29, 1.82) is 0 Å². The lowest BCUT2D eigenvalue weighted by molar-refractivity contribution is -0.140. The SMILES string of the molecule is O=C1[C@@H]2C3c4ccccc4C(c4ccccc43)[C@@H]2C(=O)N1CCN1CCNCC1. The molecule has 2 amide bonds. The molecule has 0 saturated carbocycles. The number of carbonyl (C=O) groups excluding carboxylic acids is 2. The van der Waals surface area contributed by atoms with Gasteiger partial charge in [-0.15, -0.1) is 0 Å². The summed E-state index contributed by atoms with van der Waals surface area (Å²) in [7, 11) is 0. The minimum Gasteiger partial charge on any atom is -0.314 e. The number of rotatable bonds is 3. The van der Waals surface area contributed by atoms with Crippen LogP contribution < -0.4 is 5.32 Å². The summed E-state index contributed by atoms with van der Waals surface area (Å²) in [6, 6.07) is 16.8. The number of benzene rings is 2. The van der Waals surface area contributed by atoms with Crippen molar-refractivity contribution in [2.75, 3.05) is 39.3 Å². The van der Waals surface area contributed by atoms with Crippen molar-refractivity contribution in [3.05, 3.63) is 70.8 Å². The van der Waals surface area contributed by atoms with Crippen molar-refractivity contribution in [2.45, 2.75) is 11.8 Å². The Kier molecular flexibility index (Phi) is 3.90. The Balaban J connectivity index is 1.37. The lowest BCUT2D eigenvalue weighted by atomic mass is 9.55. The molecule has 2 aromatic carbocycles. The number of carbonyl (C=O) groups is 2. The maximum absolute atomic E-state index is 13.5. The van der Waals surface area contributed by atoms with E-state index < -0.39 is 0 Å². The number of amides is 2. The van der Waals surface area contributed by atoms with Gasteiger partial charge in [0.2, 0.25) is 11.8 Å². The molecular weight excluding hydrogens is 362 g/mol. The summed E-state index contributed by atoms with van der Waals surface area (Å²) in [6.45, 7) is 5.19. The van der Waals surface area contributed by atoms with Gasteiger partial charge in [0.15, 0.2) is 0 Å². The monoisotopic (exact) mass is 387 g/mol. The first-order valence-corrected chi connectivity index (χ1v) is 10.7. The van der Waals surface area contributed by atoms with E-state index in [2.05, 4.69) is 58.7 Å². The van der Waals surface area contributed by atoms with E-state index in [1.165, 1.54) is 22.3 Å². The Labute approximate surface area is 170 Å². The zero-order chi connectivity index (χ0) is 19.5. The van der Waals surface area contributed by atoms with Gasteiger partial charge in [0, 0.05) is 51.1 Å². The molecule has 3 aliphatic carbocycles. The second kappa shape index (κ2) is 6.51. The molecule has 7 rings (SSSR count). The number of hydrogen-bond acceptors (Lipinski definition) is 4. The minimum atomic E-state index is -0.250. The Bertz CT molecular complexity index is 882. The Morgan fingerprint density at radius 3 is 1.62 bits per heavy atom. The van der Waals surface area contributed by atoms with Crippen LogP contribution in [0, 0.1) is 11.8 Å². The molecule has 2 heterocycles. The second-order valence-electron chi connectivity index (χ2n) is 8.68. The van der Waals surface area contributed by atoms with Crippen LogP contribution in [0.25, 0.3) is 0 Å². The third kappa shape index (κ3) is 2.41. The van der Waals surface area contributed by atoms with Gasteiger partial charge in [-0.3, -0.25) is 19.4 Å². The Morgan fingerprint density at radius 2 is 1.17 bits per heavy atom. The third-order valence-corrected chi connectivity index (χ3v) is 7.39. The van der Waals surface area contributed by atoms with Gasteiger partial charge in [-0.2, -0.15) is 0 Å². The van der Waals surface area contributed by atoms with Crippen LogP contribution in [0.5, 0.6) is 0 Å². The Morgan fingerprint density at radius 1 is 0.724 bits per heavy atom. The standard InChI is InChI=1S/C24H25N3O2/c28-23-21-19-15-5-1-2-6-16(15)20(18-8-4-3-7-17(18)19)22(21)24(29)27(23)14-13-26-11-9-25-10-12-26/h1-8,19-22,25H,9-14H2/t19?,20?,21-,22+. The predicted octanol–water partition coefficient (Wildman–Crippen LogP) is 1.78. The van der Waals surface area contributed by atoms with Crippen LogP contribution in [0.2, 0.25) is 0 Å². The maximum Gasteiger partial charge on any atom is 0.234 e. The van der Waals surface area contributed by atoms with Crippen molar-refractivity contribution in [3.63, 3.8) is 0 Å². The summed E-state index contributed by atoms with van der Waals surface area (Å²) in [4.78, 5) is 30.9. The molecule has 29 heavy (non-hydrogen) atoms. The van der Waals surface area contributed by atoms with Crippen molar-refractivity contribution < 1.29 is 9.59 Å². The average molecular weight is 387 g/mol. The number of nitrogens with one attached hydrogen (secondary N) is 1. The fourth-order valence-corrected chi connectivity index (χ4v) is 6.14. The van der Waals surface area contributed by atoms with E-state index in [1.807, 2.05) is 0 Å². The smallest absolute Gasteiger partial charge is 0.234 e. The number of hydrogen-bond donors (Lipinski definition) is 1. The van der Waals surface area contributed by atoms with Crippen molar-refractivity contribution >= 4 is 11.8 Å². The van der Waals surface area contributed by atoms with Gasteiger partial charge in [-0.25, -0.2) is 0 Å². The molecule has 0 unspecified atom stereocenters. The molecule has 0 spiro atoms. The second-order valence-corrected chi connectivity index (χ2v) is 8.68. The first kappa shape index (κ1) is 17.4. The Hall–Kier alpha value is -2.50. The minimum absolute atomic E-state index is 0.00182. The first-order valence-electron chi connectivity index (χ1n) is 10.7. The van der Waals surface area contributed by atoms with E-state index in [-0.39, 0.29) is 35.5 Å². The number of imide groups is 1. The summed E-state index contributed by atoms with van der Waals surface area (Å²) in [5.41, 5.74) is 4.95.